The molecule has 1 aliphatic heterocycles. The summed E-state index contributed by atoms with van der Waals surface area (Å²) in [6.45, 7) is 4.03. The van der Waals surface area contributed by atoms with Crippen molar-refractivity contribution in [2.24, 2.45) is 0 Å². The van der Waals surface area contributed by atoms with E-state index in [0.717, 1.165) is 38.5 Å². The molecule has 6 atom stereocenters. The van der Waals surface area contributed by atoms with Gasteiger partial charge in [0.05, 0.1) is 19.8 Å². The summed E-state index contributed by atoms with van der Waals surface area (Å²) >= 11 is 0. The van der Waals surface area contributed by atoms with Crippen molar-refractivity contribution in [2.75, 3.05) is 26.4 Å². The standard InChI is InChI=1S/C57H108O12S/c1-3-5-7-9-11-13-15-17-19-21-23-24-25-26-27-28-29-30-32-34-36-38-40-42-44-46-53(59)67-51(50-66-57-55(61)56(69-70(62,63)64)54(60)52(48-58)68-57)49-65-47-45-43-41-39-37-35-33-31-22-20-18-16-14-12-10-8-6-4-2/h18,20-21,23,51-52,54-58,60-61H,3-17,19,22,24-50H2,1-2H3,(H,62,63,64)/b20-18-,23-21-. The van der Waals surface area contributed by atoms with Gasteiger partial charge in [0.1, 0.15) is 30.5 Å². The zero-order chi connectivity index (χ0) is 51.0. The second-order valence-electron chi connectivity index (χ2n) is 20.2. The van der Waals surface area contributed by atoms with Gasteiger partial charge in [-0.25, -0.2) is 4.18 Å². The van der Waals surface area contributed by atoms with Gasteiger partial charge in [0.15, 0.2) is 6.29 Å². The number of hydrogen-bond acceptors (Lipinski definition) is 11. The molecule has 1 heterocycles. The summed E-state index contributed by atoms with van der Waals surface area (Å²) in [5, 5.41) is 30.8. The van der Waals surface area contributed by atoms with Crippen LogP contribution in [0.15, 0.2) is 24.3 Å². The molecule has 12 nitrogen and oxygen atoms in total. The number of ether oxygens (including phenoxy) is 4. The highest BCUT2D eigenvalue weighted by Gasteiger charge is 2.48. The lowest BCUT2D eigenvalue weighted by Crippen LogP contribution is -2.60. The molecule has 1 fully saturated rings. The largest absolute Gasteiger partial charge is 0.457 e. The highest BCUT2D eigenvalue weighted by Crippen LogP contribution is 2.26. The molecule has 0 amide bonds. The molecule has 70 heavy (non-hydrogen) atoms. The first-order chi connectivity index (χ1) is 34.1. The molecule has 4 N–H and O–H groups in total. The van der Waals surface area contributed by atoms with Crippen LogP contribution in [0, 0.1) is 0 Å². The van der Waals surface area contributed by atoms with Crippen LogP contribution in [0.2, 0.25) is 0 Å². The molecule has 0 radical (unpaired) electrons. The molecular formula is C57H108O12S. The van der Waals surface area contributed by atoms with E-state index >= 15 is 0 Å². The van der Waals surface area contributed by atoms with Crippen LogP contribution in [0.5, 0.6) is 0 Å². The van der Waals surface area contributed by atoms with Crippen LogP contribution in [0.4, 0.5) is 0 Å². The van der Waals surface area contributed by atoms with Crippen LogP contribution in [-0.4, -0.2) is 97.5 Å². The molecule has 0 saturated carbocycles. The second kappa shape index (κ2) is 48.5. The molecule has 0 bridgehead atoms. The Morgan fingerprint density at radius 2 is 0.900 bits per heavy atom. The van der Waals surface area contributed by atoms with E-state index in [0.29, 0.717) is 13.0 Å². The van der Waals surface area contributed by atoms with E-state index in [1.807, 2.05) is 0 Å². The summed E-state index contributed by atoms with van der Waals surface area (Å²) < 4.78 is 59.4. The highest BCUT2D eigenvalue weighted by atomic mass is 32.3. The van der Waals surface area contributed by atoms with Crippen molar-refractivity contribution >= 4 is 16.4 Å². The number of rotatable bonds is 52. The third kappa shape index (κ3) is 41.0. The van der Waals surface area contributed by atoms with E-state index in [1.165, 1.54) is 205 Å². The summed E-state index contributed by atoms with van der Waals surface area (Å²) in [6.07, 6.45) is 49.3. The normalized spacial score (nSPS) is 19.2. The molecule has 0 aliphatic carbocycles. The smallest absolute Gasteiger partial charge is 0.397 e. The SMILES string of the molecule is CCCCCCCC/C=C\CCCCCCCCCCOCC(COC1OC(CO)C(O)C(OS(=O)(=O)O)C1O)OC(=O)CCCCCCCCCCCCCCC/C=C\CCCCCCCCCC. The fraction of sp³-hybridized carbons (Fsp3) is 0.912. The van der Waals surface area contributed by atoms with Gasteiger partial charge in [0.25, 0.3) is 0 Å². The van der Waals surface area contributed by atoms with E-state index in [9.17, 15) is 33.1 Å². The average Bonchev–Trinajstić information content (AvgIpc) is 3.34. The number of aliphatic hydroxyl groups is 3. The number of hydrogen-bond donors (Lipinski definition) is 4. The average molecular weight is 1020 g/mol. The number of unbranched alkanes of at least 4 members (excludes halogenated alkanes) is 35. The minimum absolute atomic E-state index is 0.0377. The van der Waals surface area contributed by atoms with E-state index in [1.54, 1.807) is 0 Å². The Hall–Kier alpha value is -1.42. The summed E-state index contributed by atoms with van der Waals surface area (Å²) in [4.78, 5) is 13.0. The number of esters is 1. The number of carbonyl (C=O) groups excluding carboxylic acids is 1. The van der Waals surface area contributed by atoms with Gasteiger partial charge < -0.3 is 34.3 Å². The lowest BCUT2D eigenvalue weighted by atomic mass is 9.99. The van der Waals surface area contributed by atoms with Crippen molar-refractivity contribution in [3.8, 4) is 0 Å². The van der Waals surface area contributed by atoms with Crippen molar-refractivity contribution in [1.82, 2.24) is 0 Å². The minimum Gasteiger partial charge on any atom is -0.457 e. The van der Waals surface area contributed by atoms with Gasteiger partial charge in [-0.2, -0.15) is 8.42 Å². The van der Waals surface area contributed by atoms with Gasteiger partial charge in [-0.15, -0.1) is 0 Å². The summed E-state index contributed by atoms with van der Waals surface area (Å²) in [6, 6.07) is 0. The second-order valence-corrected chi connectivity index (χ2v) is 21.3. The molecule has 1 saturated heterocycles. The maximum atomic E-state index is 13.0. The van der Waals surface area contributed by atoms with Crippen LogP contribution in [0.3, 0.4) is 0 Å². The summed E-state index contributed by atoms with van der Waals surface area (Å²) in [5.74, 6) is -0.395. The maximum absolute atomic E-state index is 13.0. The fourth-order valence-electron chi connectivity index (χ4n) is 9.14. The van der Waals surface area contributed by atoms with Crippen LogP contribution in [0.25, 0.3) is 0 Å². The molecule has 6 unspecified atom stereocenters. The predicted molar refractivity (Wildman–Crippen MR) is 285 cm³/mol. The number of carbonyl (C=O) groups is 1. The lowest BCUT2D eigenvalue weighted by Gasteiger charge is -2.41. The first-order valence-corrected chi connectivity index (χ1v) is 30.5. The third-order valence-corrected chi connectivity index (χ3v) is 14.0. The summed E-state index contributed by atoms with van der Waals surface area (Å²) in [7, 11) is -5.07. The number of allylic oxidation sites excluding steroid dienone is 4. The Bertz CT molecular complexity index is 1310. The van der Waals surface area contributed by atoms with Gasteiger partial charge in [-0.1, -0.05) is 224 Å². The number of aliphatic hydroxyl groups excluding tert-OH is 3. The topological polar surface area (TPSA) is 178 Å². The van der Waals surface area contributed by atoms with Gasteiger partial charge in [-0.3, -0.25) is 9.35 Å². The van der Waals surface area contributed by atoms with Crippen molar-refractivity contribution in [1.29, 1.82) is 0 Å². The van der Waals surface area contributed by atoms with Gasteiger partial charge >= 0.3 is 16.4 Å². The van der Waals surface area contributed by atoms with Crippen molar-refractivity contribution in [2.45, 2.75) is 307 Å². The monoisotopic (exact) mass is 1020 g/mol. The molecule has 0 spiro atoms. The van der Waals surface area contributed by atoms with Gasteiger partial charge in [-0.05, 0) is 64.2 Å². The first-order valence-electron chi connectivity index (χ1n) is 29.1. The van der Waals surface area contributed by atoms with Gasteiger partial charge in [0.2, 0.25) is 0 Å². The van der Waals surface area contributed by atoms with Gasteiger partial charge in [0, 0.05) is 13.0 Å². The van der Waals surface area contributed by atoms with Crippen molar-refractivity contribution < 1.29 is 56.2 Å². The Labute approximate surface area is 429 Å². The minimum atomic E-state index is -5.07. The molecular weight excluding hydrogens is 909 g/mol. The van der Waals surface area contributed by atoms with Crippen LogP contribution < -0.4 is 0 Å². The predicted octanol–water partition coefficient (Wildman–Crippen LogP) is 14.3. The van der Waals surface area contributed by atoms with Crippen molar-refractivity contribution in [3.63, 3.8) is 0 Å². The Balaban J connectivity index is 2.28. The third-order valence-electron chi connectivity index (χ3n) is 13.5. The molecule has 13 heteroatoms. The summed E-state index contributed by atoms with van der Waals surface area (Å²) in [5.41, 5.74) is 0. The molecule has 1 aliphatic rings. The molecule has 414 valence electrons. The van der Waals surface area contributed by atoms with Crippen LogP contribution >= 0.6 is 0 Å². The molecule has 0 aromatic rings. The Morgan fingerprint density at radius 3 is 1.29 bits per heavy atom. The molecule has 0 aromatic heterocycles. The van der Waals surface area contributed by atoms with E-state index in [4.69, 9.17) is 18.9 Å². The lowest BCUT2D eigenvalue weighted by molar-refractivity contribution is -0.301. The zero-order valence-electron chi connectivity index (χ0n) is 44.8. The van der Waals surface area contributed by atoms with Crippen LogP contribution in [-0.2, 0) is 38.3 Å². The first kappa shape index (κ1) is 66.6. The molecule has 0 aromatic carbocycles. The Kier molecular flexibility index (Phi) is 46.2. The van der Waals surface area contributed by atoms with Crippen molar-refractivity contribution in [3.05, 3.63) is 24.3 Å². The fourth-order valence-corrected chi connectivity index (χ4v) is 9.64. The maximum Gasteiger partial charge on any atom is 0.397 e. The van der Waals surface area contributed by atoms with Crippen LogP contribution in [0.1, 0.15) is 271 Å². The van der Waals surface area contributed by atoms with E-state index in [-0.39, 0.29) is 19.6 Å². The quantitative estimate of drug-likeness (QED) is 0.0196. The highest BCUT2D eigenvalue weighted by molar-refractivity contribution is 7.80. The van der Waals surface area contributed by atoms with E-state index < -0.39 is 59.8 Å². The molecule has 1 rings (SSSR count). The zero-order valence-corrected chi connectivity index (χ0v) is 45.7. The van der Waals surface area contributed by atoms with E-state index in [2.05, 4.69) is 42.3 Å². The Morgan fingerprint density at radius 1 is 0.529 bits per heavy atom.